The Hall–Kier alpha value is -0.851. The molecule has 0 spiro atoms. The normalized spacial score (nSPS) is 21.3. The molecule has 0 bridgehead atoms. The van der Waals surface area contributed by atoms with Gasteiger partial charge in [-0.05, 0) is 0 Å². The Morgan fingerprint density at radius 1 is 1.27 bits per heavy atom. The van der Waals surface area contributed by atoms with Crippen LogP contribution in [0, 0.1) is 5.92 Å². The second-order valence-electron chi connectivity index (χ2n) is 3.83. The van der Waals surface area contributed by atoms with E-state index in [4.69, 9.17) is 0 Å². The van der Waals surface area contributed by atoms with Gasteiger partial charge >= 0.3 is 96.6 Å². The quantitative estimate of drug-likeness (QED) is 0.746. The van der Waals surface area contributed by atoms with Crippen LogP contribution in [0.3, 0.4) is 0 Å². The van der Waals surface area contributed by atoms with Crippen LogP contribution in [0.25, 0.3) is 0 Å². The third-order valence-electron chi connectivity index (χ3n) is 2.59. The van der Waals surface area contributed by atoms with Gasteiger partial charge in [0.25, 0.3) is 0 Å². The molecular formula is C13H14OSe. The van der Waals surface area contributed by atoms with E-state index in [0.717, 1.165) is 17.3 Å². The summed E-state index contributed by atoms with van der Waals surface area (Å²) >= 11 is 0.201. The molecule has 1 aromatic carbocycles. The van der Waals surface area contributed by atoms with E-state index in [9.17, 15) is 4.79 Å². The van der Waals surface area contributed by atoms with Crippen LogP contribution in [0.1, 0.15) is 19.8 Å². The zero-order chi connectivity index (χ0) is 10.7. The molecule has 0 saturated carbocycles. The average molecular weight is 265 g/mol. The molecule has 2 heteroatoms. The number of hydrogen-bond donors (Lipinski definition) is 0. The third kappa shape index (κ3) is 2.58. The molecule has 0 aromatic heterocycles. The minimum absolute atomic E-state index is 0.201. The van der Waals surface area contributed by atoms with E-state index in [1.54, 1.807) is 0 Å². The van der Waals surface area contributed by atoms with Crippen molar-refractivity contribution in [1.29, 1.82) is 0 Å². The Balaban J connectivity index is 2.13. The first-order valence-electron chi connectivity index (χ1n) is 5.24. The summed E-state index contributed by atoms with van der Waals surface area (Å²) in [6, 6.07) is 10.3. The Labute approximate surface area is 96.7 Å². The van der Waals surface area contributed by atoms with Crippen LogP contribution in [0.5, 0.6) is 0 Å². The summed E-state index contributed by atoms with van der Waals surface area (Å²) in [6.07, 6.45) is 4.22. The molecule has 0 aliphatic heterocycles. The van der Waals surface area contributed by atoms with Gasteiger partial charge in [-0.1, -0.05) is 0 Å². The molecule has 0 fully saturated rings. The Bertz CT molecular complexity index is 381. The average Bonchev–Trinajstić information content (AvgIpc) is 2.26. The predicted molar refractivity (Wildman–Crippen MR) is 63.3 cm³/mol. The van der Waals surface area contributed by atoms with Crippen LogP contribution in [0.2, 0.25) is 0 Å². The minimum atomic E-state index is 0.201. The van der Waals surface area contributed by atoms with Gasteiger partial charge in [0.1, 0.15) is 0 Å². The molecule has 1 aromatic rings. The summed E-state index contributed by atoms with van der Waals surface area (Å²) in [5, 5.41) is 0. The molecule has 0 radical (unpaired) electrons. The molecule has 0 saturated heterocycles. The Morgan fingerprint density at radius 2 is 2.00 bits per heavy atom. The first kappa shape index (κ1) is 10.7. The van der Waals surface area contributed by atoms with Crippen LogP contribution < -0.4 is 4.46 Å². The van der Waals surface area contributed by atoms with E-state index in [1.165, 1.54) is 4.46 Å². The number of benzene rings is 1. The number of allylic oxidation sites excluding steroid dienone is 2. The van der Waals surface area contributed by atoms with E-state index >= 15 is 0 Å². The molecule has 1 atom stereocenters. The van der Waals surface area contributed by atoms with E-state index < -0.39 is 0 Å². The molecule has 15 heavy (non-hydrogen) atoms. The number of ketones is 1. The maximum atomic E-state index is 11.9. The van der Waals surface area contributed by atoms with Crippen LogP contribution in [0.4, 0.5) is 0 Å². The number of hydrogen-bond acceptors (Lipinski definition) is 1. The molecule has 1 aliphatic rings. The number of rotatable bonds is 2. The van der Waals surface area contributed by atoms with Gasteiger partial charge in [0.05, 0.1) is 0 Å². The van der Waals surface area contributed by atoms with Crippen molar-refractivity contribution < 1.29 is 4.79 Å². The van der Waals surface area contributed by atoms with Crippen molar-refractivity contribution in [2.24, 2.45) is 5.92 Å². The molecule has 1 unspecified atom stereocenters. The standard InChI is InChI=1S/C13H14OSe/c1-10-6-5-9-12(13(10)14)15-11-7-3-2-4-8-11/h2-4,7-10H,5-6H2,1H3. The fourth-order valence-electron chi connectivity index (χ4n) is 1.65. The van der Waals surface area contributed by atoms with Gasteiger partial charge in [-0.25, -0.2) is 0 Å². The first-order chi connectivity index (χ1) is 7.27. The summed E-state index contributed by atoms with van der Waals surface area (Å²) in [4.78, 5) is 11.9. The van der Waals surface area contributed by atoms with E-state index in [-0.39, 0.29) is 20.9 Å². The van der Waals surface area contributed by atoms with Gasteiger partial charge in [-0.3, -0.25) is 0 Å². The number of carbonyl (C=O) groups is 1. The molecule has 0 heterocycles. The monoisotopic (exact) mass is 266 g/mol. The van der Waals surface area contributed by atoms with Crippen molar-refractivity contribution in [3.8, 4) is 0 Å². The molecule has 0 amide bonds. The van der Waals surface area contributed by atoms with Gasteiger partial charge in [0.2, 0.25) is 0 Å². The van der Waals surface area contributed by atoms with Crippen LogP contribution in [-0.4, -0.2) is 20.7 Å². The fraction of sp³-hybridized carbons (Fsp3) is 0.308. The van der Waals surface area contributed by atoms with Crippen molar-refractivity contribution in [3.05, 3.63) is 40.9 Å². The van der Waals surface area contributed by atoms with E-state index in [0.29, 0.717) is 5.78 Å². The zero-order valence-corrected chi connectivity index (χ0v) is 10.5. The van der Waals surface area contributed by atoms with Gasteiger partial charge in [0, 0.05) is 0 Å². The molecule has 0 N–H and O–H groups in total. The van der Waals surface area contributed by atoms with Gasteiger partial charge in [-0.2, -0.15) is 0 Å². The molecule has 1 nitrogen and oxygen atoms in total. The van der Waals surface area contributed by atoms with E-state index in [2.05, 4.69) is 18.2 Å². The van der Waals surface area contributed by atoms with Crippen molar-refractivity contribution >= 4 is 25.2 Å². The van der Waals surface area contributed by atoms with Crippen molar-refractivity contribution in [3.63, 3.8) is 0 Å². The van der Waals surface area contributed by atoms with Gasteiger partial charge in [0.15, 0.2) is 0 Å². The molecular weight excluding hydrogens is 251 g/mol. The summed E-state index contributed by atoms with van der Waals surface area (Å²) in [5.74, 6) is 0.598. The fourth-order valence-corrected chi connectivity index (χ4v) is 3.85. The maximum absolute atomic E-state index is 11.9. The van der Waals surface area contributed by atoms with Gasteiger partial charge in [-0.15, -0.1) is 0 Å². The number of Topliss-reactive ketones (excluding diaryl/α,β-unsaturated/α-hetero) is 1. The summed E-state index contributed by atoms with van der Waals surface area (Å²) < 4.78 is 2.35. The number of carbonyl (C=O) groups excluding carboxylic acids is 1. The van der Waals surface area contributed by atoms with Crippen molar-refractivity contribution in [2.75, 3.05) is 0 Å². The van der Waals surface area contributed by atoms with Crippen LogP contribution in [-0.2, 0) is 4.79 Å². The third-order valence-corrected chi connectivity index (χ3v) is 4.89. The molecule has 1 aliphatic carbocycles. The predicted octanol–water partition coefficient (Wildman–Crippen LogP) is 1.90. The second-order valence-corrected chi connectivity index (χ2v) is 6.17. The second kappa shape index (κ2) is 4.78. The van der Waals surface area contributed by atoms with Crippen molar-refractivity contribution in [1.82, 2.24) is 0 Å². The van der Waals surface area contributed by atoms with Crippen LogP contribution in [0.15, 0.2) is 40.9 Å². The van der Waals surface area contributed by atoms with Crippen molar-refractivity contribution in [2.45, 2.75) is 19.8 Å². The zero-order valence-electron chi connectivity index (χ0n) is 8.77. The van der Waals surface area contributed by atoms with E-state index in [1.807, 2.05) is 25.1 Å². The Morgan fingerprint density at radius 3 is 2.73 bits per heavy atom. The van der Waals surface area contributed by atoms with Gasteiger partial charge < -0.3 is 0 Å². The first-order valence-corrected chi connectivity index (χ1v) is 6.96. The van der Waals surface area contributed by atoms with Crippen LogP contribution >= 0.6 is 0 Å². The summed E-state index contributed by atoms with van der Waals surface area (Å²) in [6.45, 7) is 2.04. The summed E-state index contributed by atoms with van der Waals surface area (Å²) in [7, 11) is 0. The Kier molecular flexibility index (Phi) is 3.40. The summed E-state index contributed by atoms with van der Waals surface area (Å²) in [5.41, 5.74) is 0. The molecule has 2 rings (SSSR count). The SMILES string of the molecule is CC1CCC=C([Se]c2ccccc2)C1=O. The molecule has 78 valence electrons. The topological polar surface area (TPSA) is 17.1 Å².